The van der Waals surface area contributed by atoms with Crippen molar-refractivity contribution in [1.82, 2.24) is 4.90 Å². The van der Waals surface area contributed by atoms with Gasteiger partial charge in [-0.05, 0) is 25.0 Å². The van der Waals surface area contributed by atoms with E-state index in [-0.39, 0.29) is 17.3 Å². The molecule has 21 heavy (non-hydrogen) atoms. The molecule has 2 amide bonds. The number of carbonyl (C=O) groups excluding carboxylic acids is 1. The van der Waals surface area contributed by atoms with E-state index in [9.17, 15) is 14.0 Å². The van der Waals surface area contributed by atoms with Crippen LogP contribution in [0.3, 0.4) is 0 Å². The summed E-state index contributed by atoms with van der Waals surface area (Å²) in [7, 11) is 1.66. The Labute approximate surface area is 122 Å². The Hall–Kier alpha value is -2.11. The molecule has 1 saturated carbocycles. The van der Waals surface area contributed by atoms with Crippen LogP contribution in [0.25, 0.3) is 0 Å². The summed E-state index contributed by atoms with van der Waals surface area (Å²) < 4.78 is 13.8. The average molecular weight is 294 g/mol. The summed E-state index contributed by atoms with van der Waals surface area (Å²) in [5.74, 6) is -2.02. The van der Waals surface area contributed by atoms with E-state index in [1.807, 2.05) is 0 Å². The highest BCUT2D eigenvalue weighted by molar-refractivity contribution is 6.00. The summed E-state index contributed by atoms with van der Waals surface area (Å²) in [6.07, 6.45) is 5.16. The molecule has 1 aromatic rings. The number of anilines is 1. The molecule has 1 fully saturated rings. The summed E-state index contributed by atoms with van der Waals surface area (Å²) in [5, 5.41) is 11.4. The monoisotopic (exact) mass is 294 g/mol. The van der Waals surface area contributed by atoms with Crippen molar-refractivity contribution in [2.24, 2.45) is 0 Å². The fraction of sp³-hybridized carbons (Fsp3) is 0.467. The second-order valence-corrected chi connectivity index (χ2v) is 5.30. The molecule has 0 aliphatic heterocycles. The topological polar surface area (TPSA) is 69.6 Å². The van der Waals surface area contributed by atoms with Crippen molar-refractivity contribution in [2.45, 2.75) is 38.1 Å². The van der Waals surface area contributed by atoms with Crippen molar-refractivity contribution in [3.05, 3.63) is 29.6 Å². The first-order valence-electron chi connectivity index (χ1n) is 7.06. The molecule has 1 aliphatic rings. The Morgan fingerprint density at radius 2 is 1.95 bits per heavy atom. The second-order valence-electron chi connectivity index (χ2n) is 5.30. The number of hydrogen-bond acceptors (Lipinski definition) is 2. The van der Waals surface area contributed by atoms with Crippen LogP contribution in [0, 0.1) is 5.82 Å². The molecule has 0 radical (unpaired) electrons. The van der Waals surface area contributed by atoms with Gasteiger partial charge in [-0.15, -0.1) is 0 Å². The molecule has 1 aromatic carbocycles. The first kappa shape index (κ1) is 15.3. The summed E-state index contributed by atoms with van der Waals surface area (Å²) in [6.45, 7) is 0. The highest BCUT2D eigenvalue weighted by atomic mass is 19.1. The third-order valence-corrected chi connectivity index (χ3v) is 3.92. The van der Waals surface area contributed by atoms with Gasteiger partial charge >= 0.3 is 12.0 Å². The largest absolute Gasteiger partial charge is 0.478 e. The minimum Gasteiger partial charge on any atom is -0.478 e. The van der Waals surface area contributed by atoms with E-state index in [1.165, 1.54) is 23.5 Å². The maximum absolute atomic E-state index is 13.8. The molecule has 5 nitrogen and oxygen atoms in total. The number of rotatable bonds is 3. The Morgan fingerprint density at radius 3 is 2.57 bits per heavy atom. The van der Waals surface area contributed by atoms with Crippen molar-refractivity contribution in [1.29, 1.82) is 0 Å². The summed E-state index contributed by atoms with van der Waals surface area (Å²) in [4.78, 5) is 24.8. The quantitative estimate of drug-likeness (QED) is 0.898. The smallest absolute Gasteiger partial charge is 0.337 e. The zero-order valence-electron chi connectivity index (χ0n) is 11.9. The van der Waals surface area contributed by atoms with Gasteiger partial charge in [-0.1, -0.05) is 25.3 Å². The Morgan fingerprint density at radius 1 is 1.29 bits per heavy atom. The normalized spacial score (nSPS) is 15.5. The third-order valence-electron chi connectivity index (χ3n) is 3.92. The summed E-state index contributed by atoms with van der Waals surface area (Å²) in [5.41, 5.74) is -0.530. The molecule has 0 atom stereocenters. The Bertz CT molecular complexity index is 542. The van der Waals surface area contributed by atoms with Gasteiger partial charge < -0.3 is 15.3 Å². The predicted molar refractivity (Wildman–Crippen MR) is 77.0 cm³/mol. The van der Waals surface area contributed by atoms with Crippen LogP contribution >= 0.6 is 0 Å². The lowest BCUT2D eigenvalue weighted by atomic mass is 9.95. The standard InChI is InChI=1S/C15H19FN2O3/c1-18(10-6-3-2-4-7-10)15(21)17-13-11(14(19)20)8-5-9-12(13)16/h5,8-10H,2-4,6-7H2,1H3,(H,17,21)(H,19,20). The Balaban J connectivity index is 2.13. The number of carbonyl (C=O) groups is 2. The molecular formula is C15H19FN2O3. The van der Waals surface area contributed by atoms with Gasteiger partial charge in [0.2, 0.25) is 0 Å². The minimum absolute atomic E-state index is 0.124. The van der Waals surface area contributed by atoms with Crippen molar-refractivity contribution in [2.75, 3.05) is 12.4 Å². The maximum atomic E-state index is 13.8. The molecule has 1 aliphatic carbocycles. The number of nitrogens with zero attached hydrogens (tertiary/aromatic N) is 1. The van der Waals surface area contributed by atoms with E-state index in [1.54, 1.807) is 7.05 Å². The van der Waals surface area contributed by atoms with Crippen LogP contribution in [0.4, 0.5) is 14.9 Å². The third kappa shape index (κ3) is 3.51. The van der Waals surface area contributed by atoms with Crippen molar-refractivity contribution in [3.8, 4) is 0 Å². The number of para-hydroxylation sites is 1. The summed E-state index contributed by atoms with van der Waals surface area (Å²) in [6, 6.07) is 3.34. The SMILES string of the molecule is CN(C(=O)Nc1c(F)cccc1C(=O)O)C1CCCCC1. The molecule has 0 saturated heterocycles. The second kappa shape index (κ2) is 6.56. The molecule has 2 N–H and O–H groups in total. The zero-order valence-corrected chi connectivity index (χ0v) is 11.9. The van der Waals surface area contributed by atoms with Crippen LogP contribution in [0.1, 0.15) is 42.5 Å². The van der Waals surface area contributed by atoms with Crippen molar-refractivity contribution < 1.29 is 19.1 Å². The van der Waals surface area contributed by atoms with E-state index in [2.05, 4.69) is 5.32 Å². The molecule has 6 heteroatoms. The molecule has 0 aromatic heterocycles. The number of benzene rings is 1. The summed E-state index contributed by atoms with van der Waals surface area (Å²) >= 11 is 0. The lowest BCUT2D eigenvalue weighted by molar-refractivity contribution is 0.0697. The highest BCUT2D eigenvalue weighted by Gasteiger charge is 2.24. The van der Waals surface area contributed by atoms with Crippen LogP contribution in [0.15, 0.2) is 18.2 Å². The fourth-order valence-electron chi connectivity index (χ4n) is 2.66. The highest BCUT2D eigenvalue weighted by Crippen LogP contribution is 2.24. The molecule has 114 valence electrons. The van der Waals surface area contributed by atoms with Gasteiger partial charge in [-0.2, -0.15) is 0 Å². The zero-order chi connectivity index (χ0) is 15.4. The van der Waals surface area contributed by atoms with E-state index in [0.29, 0.717) is 0 Å². The number of urea groups is 1. The van der Waals surface area contributed by atoms with Gasteiger partial charge in [0.25, 0.3) is 0 Å². The number of hydrogen-bond donors (Lipinski definition) is 2. The maximum Gasteiger partial charge on any atom is 0.337 e. The van der Waals surface area contributed by atoms with Gasteiger partial charge in [0.1, 0.15) is 5.82 Å². The number of halogens is 1. The van der Waals surface area contributed by atoms with Gasteiger partial charge in [-0.25, -0.2) is 14.0 Å². The van der Waals surface area contributed by atoms with Crippen LogP contribution in [0.2, 0.25) is 0 Å². The van der Waals surface area contributed by atoms with Gasteiger partial charge in [0, 0.05) is 13.1 Å². The van der Waals surface area contributed by atoms with E-state index >= 15 is 0 Å². The molecule has 0 heterocycles. The van der Waals surface area contributed by atoms with E-state index in [0.717, 1.165) is 31.7 Å². The predicted octanol–water partition coefficient (Wildman–Crippen LogP) is 3.32. The van der Waals surface area contributed by atoms with Gasteiger partial charge in [0.15, 0.2) is 0 Å². The molecule has 0 spiro atoms. The first-order valence-corrected chi connectivity index (χ1v) is 7.06. The van der Waals surface area contributed by atoms with Crippen LogP contribution in [-0.4, -0.2) is 35.1 Å². The minimum atomic E-state index is -1.27. The van der Waals surface area contributed by atoms with Crippen LogP contribution in [0.5, 0.6) is 0 Å². The van der Waals surface area contributed by atoms with Crippen molar-refractivity contribution >= 4 is 17.7 Å². The molecule has 2 rings (SSSR count). The molecule has 0 bridgehead atoms. The lowest BCUT2D eigenvalue weighted by Gasteiger charge is -2.31. The molecular weight excluding hydrogens is 275 g/mol. The average Bonchev–Trinajstić information content (AvgIpc) is 2.49. The number of nitrogens with one attached hydrogen (secondary N) is 1. The lowest BCUT2D eigenvalue weighted by Crippen LogP contribution is -2.41. The van der Waals surface area contributed by atoms with Gasteiger partial charge in [0.05, 0.1) is 11.3 Å². The molecule has 0 unspecified atom stereocenters. The van der Waals surface area contributed by atoms with Crippen molar-refractivity contribution in [3.63, 3.8) is 0 Å². The van der Waals surface area contributed by atoms with Crippen LogP contribution in [-0.2, 0) is 0 Å². The Kier molecular flexibility index (Phi) is 4.77. The number of carboxylic acid groups (broad SMARTS) is 1. The van der Waals surface area contributed by atoms with E-state index < -0.39 is 17.8 Å². The van der Waals surface area contributed by atoms with Crippen LogP contribution < -0.4 is 5.32 Å². The number of amides is 2. The van der Waals surface area contributed by atoms with E-state index in [4.69, 9.17) is 5.11 Å². The fourth-order valence-corrected chi connectivity index (χ4v) is 2.66. The number of aromatic carboxylic acids is 1. The van der Waals surface area contributed by atoms with Gasteiger partial charge in [-0.3, -0.25) is 0 Å². The first-order chi connectivity index (χ1) is 10.0. The number of carboxylic acids is 1.